The second-order valence-corrected chi connectivity index (χ2v) is 6.54. The molecular weight excluding hydrogens is 347 g/mol. The molecule has 1 fully saturated rings. The first kappa shape index (κ1) is 15.4. The zero-order chi connectivity index (χ0) is 13.8. The lowest BCUT2D eigenvalue weighted by Gasteiger charge is -2.27. The van der Waals surface area contributed by atoms with Gasteiger partial charge in [-0.25, -0.2) is 0 Å². The summed E-state index contributed by atoms with van der Waals surface area (Å²) in [5.41, 5.74) is 1.04. The van der Waals surface area contributed by atoms with Crippen LogP contribution in [0.2, 0.25) is 10.0 Å². The molecule has 0 saturated carbocycles. The predicted molar refractivity (Wildman–Crippen MR) is 87.7 cm³/mol. The normalized spacial score (nSPS) is 20.4. The molecule has 0 bridgehead atoms. The maximum Gasteiger partial charge on any atom is 0.0837 e. The first-order chi connectivity index (χ1) is 9.13. The van der Waals surface area contributed by atoms with Gasteiger partial charge in [-0.15, -0.1) is 0 Å². The van der Waals surface area contributed by atoms with Crippen molar-refractivity contribution in [1.82, 2.24) is 5.32 Å². The average molecular weight is 366 g/mol. The van der Waals surface area contributed by atoms with Gasteiger partial charge in [-0.1, -0.05) is 36.5 Å². The number of anilines is 1. The Labute approximate surface area is 133 Å². The topological polar surface area (TPSA) is 15.3 Å². The Kier molecular flexibility index (Phi) is 5.82. The van der Waals surface area contributed by atoms with E-state index in [2.05, 4.69) is 33.1 Å². The summed E-state index contributed by atoms with van der Waals surface area (Å²) >= 11 is 16.0. The second kappa shape index (κ2) is 7.16. The largest absolute Gasteiger partial charge is 0.369 e. The van der Waals surface area contributed by atoms with Gasteiger partial charge in [0.25, 0.3) is 0 Å². The zero-order valence-corrected chi connectivity index (χ0v) is 14.2. The minimum Gasteiger partial charge on any atom is -0.369 e. The van der Waals surface area contributed by atoms with Crippen molar-refractivity contribution in [3.63, 3.8) is 0 Å². The molecule has 1 atom stereocenters. The van der Waals surface area contributed by atoms with Crippen LogP contribution in [0.4, 0.5) is 5.69 Å². The summed E-state index contributed by atoms with van der Waals surface area (Å²) in [5.74, 6) is 0. The fraction of sp³-hybridized carbons (Fsp3) is 0.571. The maximum absolute atomic E-state index is 6.39. The van der Waals surface area contributed by atoms with E-state index >= 15 is 0 Å². The molecule has 1 aromatic rings. The van der Waals surface area contributed by atoms with Crippen LogP contribution in [0.3, 0.4) is 0 Å². The minimum absolute atomic E-state index is 0.533. The Morgan fingerprint density at radius 3 is 2.89 bits per heavy atom. The van der Waals surface area contributed by atoms with Crippen molar-refractivity contribution in [2.45, 2.75) is 32.2 Å². The molecule has 1 aliphatic rings. The number of rotatable bonds is 3. The summed E-state index contributed by atoms with van der Waals surface area (Å²) in [6.07, 6.45) is 3.52. The van der Waals surface area contributed by atoms with Crippen molar-refractivity contribution in [2.75, 3.05) is 24.5 Å². The highest BCUT2D eigenvalue weighted by atomic mass is 79.9. The Morgan fingerprint density at radius 1 is 1.37 bits per heavy atom. The van der Waals surface area contributed by atoms with Gasteiger partial charge in [0.1, 0.15) is 0 Å². The number of hydrogen-bond donors (Lipinski definition) is 1. The van der Waals surface area contributed by atoms with Gasteiger partial charge in [0.2, 0.25) is 0 Å². The van der Waals surface area contributed by atoms with Gasteiger partial charge in [-0.2, -0.15) is 0 Å². The summed E-state index contributed by atoms with van der Waals surface area (Å²) in [6, 6.07) is 4.55. The van der Waals surface area contributed by atoms with Crippen molar-refractivity contribution in [3.8, 4) is 0 Å². The molecule has 0 spiro atoms. The molecule has 1 unspecified atom stereocenters. The van der Waals surface area contributed by atoms with Crippen LogP contribution in [0.1, 0.15) is 26.2 Å². The smallest absolute Gasteiger partial charge is 0.0837 e. The van der Waals surface area contributed by atoms with Gasteiger partial charge in [-0.3, -0.25) is 0 Å². The van der Waals surface area contributed by atoms with E-state index in [-0.39, 0.29) is 0 Å². The number of halogens is 3. The second-order valence-electron chi connectivity index (χ2n) is 4.93. The molecular formula is C14H19BrCl2N2. The van der Waals surface area contributed by atoms with E-state index in [4.69, 9.17) is 23.2 Å². The van der Waals surface area contributed by atoms with Crippen LogP contribution in [-0.2, 0) is 0 Å². The fourth-order valence-corrected chi connectivity index (χ4v) is 3.41. The molecule has 2 nitrogen and oxygen atoms in total. The molecule has 2 rings (SSSR count). The Balaban J connectivity index is 2.22. The molecule has 19 heavy (non-hydrogen) atoms. The maximum atomic E-state index is 6.39. The summed E-state index contributed by atoms with van der Waals surface area (Å²) in [5, 5.41) is 4.85. The standard InChI is InChI=1S/C14H19BrCl2N2/c1-2-4-10-9-19(8-3-7-18-10)12-6-5-11(15)13(16)14(12)17/h5-6,10,18H,2-4,7-9H2,1H3. The van der Waals surface area contributed by atoms with Crippen molar-refractivity contribution in [3.05, 3.63) is 26.7 Å². The van der Waals surface area contributed by atoms with Crippen LogP contribution in [-0.4, -0.2) is 25.7 Å². The van der Waals surface area contributed by atoms with E-state index in [1.807, 2.05) is 12.1 Å². The molecule has 5 heteroatoms. The molecule has 1 aromatic carbocycles. The highest BCUT2D eigenvalue weighted by Gasteiger charge is 2.20. The first-order valence-corrected chi connectivity index (χ1v) is 8.30. The van der Waals surface area contributed by atoms with Gasteiger partial charge in [-0.05, 0) is 47.4 Å². The molecule has 1 heterocycles. The quantitative estimate of drug-likeness (QED) is 0.779. The van der Waals surface area contributed by atoms with Crippen LogP contribution >= 0.6 is 39.1 Å². The SMILES string of the molecule is CCCC1CN(c2ccc(Br)c(Cl)c2Cl)CCCN1. The van der Waals surface area contributed by atoms with Crippen molar-refractivity contribution < 1.29 is 0 Å². The third-order valence-corrected chi connectivity index (χ3v) is 5.23. The molecule has 1 aliphatic heterocycles. The van der Waals surface area contributed by atoms with Crippen LogP contribution in [0.5, 0.6) is 0 Å². The van der Waals surface area contributed by atoms with E-state index in [0.717, 1.165) is 36.2 Å². The molecule has 0 aromatic heterocycles. The minimum atomic E-state index is 0.533. The number of hydrogen-bond acceptors (Lipinski definition) is 2. The van der Waals surface area contributed by atoms with Gasteiger partial charge >= 0.3 is 0 Å². The zero-order valence-electron chi connectivity index (χ0n) is 11.1. The predicted octanol–water partition coefficient (Wildman–Crippen LogP) is 4.72. The highest BCUT2D eigenvalue weighted by Crippen LogP contribution is 2.38. The van der Waals surface area contributed by atoms with Crippen LogP contribution < -0.4 is 10.2 Å². The van der Waals surface area contributed by atoms with Crippen molar-refractivity contribution in [1.29, 1.82) is 0 Å². The average Bonchev–Trinajstić information content (AvgIpc) is 2.62. The Bertz CT molecular complexity index is 440. The van der Waals surface area contributed by atoms with Gasteiger partial charge < -0.3 is 10.2 Å². The van der Waals surface area contributed by atoms with Gasteiger partial charge in [0, 0.05) is 23.6 Å². The number of nitrogens with zero attached hydrogens (tertiary/aromatic N) is 1. The fourth-order valence-electron chi connectivity index (χ4n) is 2.52. The van der Waals surface area contributed by atoms with Crippen LogP contribution in [0.25, 0.3) is 0 Å². The molecule has 1 saturated heterocycles. The number of nitrogens with one attached hydrogen (secondary N) is 1. The molecule has 1 N–H and O–H groups in total. The van der Waals surface area contributed by atoms with E-state index < -0.39 is 0 Å². The molecule has 0 amide bonds. The van der Waals surface area contributed by atoms with Gasteiger partial charge in [0.05, 0.1) is 15.7 Å². The highest BCUT2D eigenvalue weighted by molar-refractivity contribution is 9.10. The van der Waals surface area contributed by atoms with Gasteiger partial charge in [0.15, 0.2) is 0 Å². The third-order valence-electron chi connectivity index (χ3n) is 3.47. The third kappa shape index (κ3) is 3.78. The summed E-state index contributed by atoms with van der Waals surface area (Å²) < 4.78 is 0.848. The Morgan fingerprint density at radius 2 is 2.16 bits per heavy atom. The summed E-state index contributed by atoms with van der Waals surface area (Å²) in [4.78, 5) is 2.35. The van der Waals surface area contributed by atoms with Crippen LogP contribution in [0.15, 0.2) is 16.6 Å². The van der Waals surface area contributed by atoms with Crippen molar-refractivity contribution in [2.24, 2.45) is 0 Å². The van der Waals surface area contributed by atoms with E-state index in [0.29, 0.717) is 16.1 Å². The van der Waals surface area contributed by atoms with E-state index in [1.165, 1.54) is 12.8 Å². The van der Waals surface area contributed by atoms with E-state index in [1.54, 1.807) is 0 Å². The van der Waals surface area contributed by atoms with Crippen molar-refractivity contribution >= 4 is 44.8 Å². The Hall–Kier alpha value is 0.0400. The molecule has 0 radical (unpaired) electrons. The van der Waals surface area contributed by atoms with Crippen LogP contribution in [0, 0.1) is 0 Å². The van der Waals surface area contributed by atoms with E-state index in [9.17, 15) is 0 Å². The molecule has 106 valence electrons. The lowest BCUT2D eigenvalue weighted by atomic mass is 10.1. The molecule has 0 aliphatic carbocycles. The monoisotopic (exact) mass is 364 g/mol. The lowest BCUT2D eigenvalue weighted by molar-refractivity contribution is 0.502. The summed E-state index contributed by atoms with van der Waals surface area (Å²) in [6.45, 7) is 5.31. The number of benzene rings is 1. The summed E-state index contributed by atoms with van der Waals surface area (Å²) in [7, 11) is 0. The lowest BCUT2D eigenvalue weighted by Crippen LogP contribution is -2.37. The first-order valence-electron chi connectivity index (χ1n) is 6.75.